The molecule has 0 aromatic heterocycles. The highest BCUT2D eigenvalue weighted by molar-refractivity contribution is 5.95. The molecule has 0 aliphatic carbocycles. The third kappa shape index (κ3) is 6.85. The van der Waals surface area contributed by atoms with Crippen molar-refractivity contribution >= 4 is 18.0 Å². The molecule has 1 unspecified atom stereocenters. The zero-order chi connectivity index (χ0) is 17.6. The van der Waals surface area contributed by atoms with E-state index in [1.54, 1.807) is 11.8 Å². The van der Waals surface area contributed by atoms with Gasteiger partial charge in [-0.2, -0.15) is 0 Å². The van der Waals surface area contributed by atoms with Crippen molar-refractivity contribution in [2.24, 2.45) is 0 Å². The maximum atomic E-state index is 12.1. The molecular formula is C15H28N4O4. The van der Waals surface area contributed by atoms with Gasteiger partial charge in [0.05, 0.1) is 6.54 Å². The van der Waals surface area contributed by atoms with Crippen LogP contribution in [-0.4, -0.2) is 72.2 Å². The summed E-state index contributed by atoms with van der Waals surface area (Å²) in [4.78, 5) is 38.8. The lowest BCUT2D eigenvalue weighted by atomic mass is 10.2. The van der Waals surface area contributed by atoms with Gasteiger partial charge in [0.1, 0.15) is 5.60 Å². The topological polar surface area (TPSA) is 91.0 Å². The van der Waals surface area contributed by atoms with Gasteiger partial charge in [-0.15, -0.1) is 0 Å². The van der Waals surface area contributed by atoms with E-state index in [2.05, 4.69) is 10.6 Å². The van der Waals surface area contributed by atoms with Gasteiger partial charge in [-0.1, -0.05) is 0 Å². The first-order valence-corrected chi connectivity index (χ1v) is 7.92. The Morgan fingerprint density at radius 3 is 2.39 bits per heavy atom. The minimum atomic E-state index is -0.524. The summed E-state index contributed by atoms with van der Waals surface area (Å²) in [5.74, 6) is -0.353. The molecule has 0 bridgehead atoms. The first-order chi connectivity index (χ1) is 10.6. The van der Waals surface area contributed by atoms with Gasteiger partial charge in [0.15, 0.2) is 0 Å². The predicted molar refractivity (Wildman–Crippen MR) is 86.1 cm³/mol. The second-order valence-electron chi connectivity index (χ2n) is 6.65. The van der Waals surface area contributed by atoms with Crippen molar-refractivity contribution in [3.63, 3.8) is 0 Å². The molecule has 1 aliphatic rings. The van der Waals surface area contributed by atoms with Crippen LogP contribution in [-0.2, 0) is 9.53 Å². The van der Waals surface area contributed by atoms with E-state index < -0.39 is 11.6 Å². The van der Waals surface area contributed by atoms with Crippen LogP contribution in [0.5, 0.6) is 0 Å². The molecule has 0 radical (unpaired) electrons. The fourth-order valence-electron chi connectivity index (χ4n) is 2.28. The Bertz CT molecular complexity index is 447. The molecule has 0 aromatic carbocycles. The van der Waals surface area contributed by atoms with Crippen LogP contribution < -0.4 is 10.6 Å². The Morgan fingerprint density at radius 2 is 1.87 bits per heavy atom. The maximum Gasteiger partial charge on any atom is 0.410 e. The number of hydrogen-bond acceptors (Lipinski definition) is 5. The van der Waals surface area contributed by atoms with Crippen LogP contribution >= 0.6 is 0 Å². The Kier molecular flexibility index (Phi) is 6.80. The smallest absolute Gasteiger partial charge is 0.410 e. The second kappa shape index (κ2) is 8.14. The fourth-order valence-corrected chi connectivity index (χ4v) is 2.28. The number of urea groups is 1. The lowest BCUT2D eigenvalue weighted by Gasteiger charge is -2.39. The van der Waals surface area contributed by atoms with Gasteiger partial charge >= 0.3 is 12.1 Å². The molecule has 8 heteroatoms. The van der Waals surface area contributed by atoms with Crippen LogP contribution in [0, 0.1) is 0 Å². The van der Waals surface area contributed by atoms with E-state index >= 15 is 0 Å². The molecular weight excluding hydrogens is 300 g/mol. The van der Waals surface area contributed by atoms with Crippen LogP contribution in [0.25, 0.3) is 0 Å². The maximum absolute atomic E-state index is 12.1. The number of ether oxygens (including phenoxy) is 1. The normalized spacial score (nSPS) is 19.2. The number of nitrogens with zero attached hydrogens (tertiary/aromatic N) is 2. The summed E-state index contributed by atoms with van der Waals surface area (Å²) >= 11 is 0. The monoisotopic (exact) mass is 328 g/mol. The first kappa shape index (κ1) is 19.2. The molecule has 2 N–H and O–H groups in total. The van der Waals surface area contributed by atoms with E-state index in [9.17, 15) is 14.4 Å². The van der Waals surface area contributed by atoms with E-state index in [0.29, 0.717) is 26.2 Å². The summed E-state index contributed by atoms with van der Waals surface area (Å²) in [5.41, 5.74) is -0.524. The van der Waals surface area contributed by atoms with E-state index in [4.69, 9.17) is 4.74 Å². The highest BCUT2D eigenvalue weighted by Crippen LogP contribution is 2.14. The van der Waals surface area contributed by atoms with Crippen LogP contribution in [0.1, 0.15) is 34.6 Å². The molecule has 1 saturated heterocycles. The molecule has 1 atom stereocenters. The predicted octanol–water partition coefficient (Wildman–Crippen LogP) is 0.773. The fraction of sp³-hybridized carbons (Fsp3) is 0.800. The number of carbonyl (C=O) groups excluding carboxylic acids is 3. The van der Waals surface area contributed by atoms with Gasteiger partial charge in [0, 0.05) is 32.2 Å². The number of piperazine rings is 1. The summed E-state index contributed by atoms with van der Waals surface area (Å²) in [6.45, 7) is 11.3. The van der Waals surface area contributed by atoms with Gasteiger partial charge in [0.2, 0.25) is 5.91 Å². The van der Waals surface area contributed by atoms with Gasteiger partial charge in [-0.3, -0.25) is 15.0 Å². The number of imide groups is 1. The molecule has 1 heterocycles. The van der Waals surface area contributed by atoms with Crippen molar-refractivity contribution < 1.29 is 19.1 Å². The third-order valence-corrected chi connectivity index (χ3v) is 3.35. The number of amides is 4. The molecule has 132 valence electrons. The van der Waals surface area contributed by atoms with Gasteiger partial charge in [-0.05, 0) is 34.6 Å². The molecule has 0 aromatic rings. The lowest BCUT2D eigenvalue weighted by Crippen LogP contribution is -2.56. The van der Waals surface area contributed by atoms with Crippen molar-refractivity contribution in [3.05, 3.63) is 0 Å². The number of carbonyl (C=O) groups is 3. The third-order valence-electron chi connectivity index (χ3n) is 3.35. The Hall–Kier alpha value is -1.83. The molecule has 0 spiro atoms. The molecule has 1 aliphatic heterocycles. The summed E-state index contributed by atoms with van der Waals surface area (Å²) < 4.78 is 5.36. The van der Waals surface area contributed by atoms with E-state index in [0.717, 1.165) is 0 Å². The summed E-state index contributed by atoms with van der Waals surface area (Å²) in [6, 6.07) is -0.478. The summed E-state index contributed by atoms with van der Waals surface area (Å²) in [6.07, 6.45) is -0.337. The highest BCUT2D eigenvalue weighted by atomic mass is 16.6. The summed E-state index contributed by atoms with van der Waals surface area (Å²) in [5, 5.41) is 4.79. The highest BCUT2D eigenvalue weighted by Gasteiger charge is 2.30. The molecule has 1 fully saturated rings. The largest absolute Gasteiger partial charge is 0.444 e. The summed E-state index contributed by atoms with van der Waals surface area (Å²) in [7, 11) is 0. The van der Waals surface area contributed by atoms with Crippen molar-refractivity contribution in [2.45, 2.75) is 46.3 Å². The Labute approximate surface area is 137 Å². The Balaban J connectivity index is 2.45. The zero-order valence-corrected chi connectivity index (χ0v) is 14.6. The standard InChI is InChI=1S/C15H28N4O4/c1-6-16-13(21)17-12(20)10-18-7-8-19(9-11(18)2)14(22)23-15(3,4)5/h11H,6-10H2,1-5H3,(H2,16,17,20,21). The Morgan fingerprint density at radius 1 is 1.22 bits per heavy atom. The number of nitrogens with one attached hydrogen (secondary N) is 2. The quantitative estimate of drug-likeness (QED) is 0.799. The van der Waals surface area contributed by atoms with Crippen molar-refractivity contribution in [1.29, 1.82) is 0 Å². The van der Waals surface area contributed by atoms with Gasteiger partial charge in [0.25, 0.3) is 0 Å². The van der Waals surface area contributed by atoms with Crippen molar-refractivity contribution in [2.75, 3.05) is 32.7 Å². The van der Waals surface area contributed by atoms with Gasteiger partial charge < -0.3 is 15.0 Å². The number of hydrogen-bond donors (Lipinski definition) is 2. The molecule has 0 saturated carbocycles. The number of rotatable bonds is 3. The molecule has 4 amide bonds. The van der Waals surface area contributed by atoms with Gasteiger partial charge in [-0.25, -0.2) is 9.59 Å². The molecule has 23 heavy (non-hydrogen) atoms. The molecule has 1 rings (SSSR count). The van der Waals surface area contributed by atoms with Crippen molar-refractivity contribution in [1.82, 2.24) is 20.4 Å². The van der Waals surface area contributed by atoms with Crippen LogP contribution in [0.3, 0.4) is 0 Å². The van der Waals surface area contributed by atoms with Crippen molar-refractivity contribution in [3.8, 4) is 0 Å². The minimum absolute atomic E-state index is 0.0104. The van der Waals surface area contributed by atoms with E-state index in [1.165, 1.54) is 0 Å². The average Bonchev–Trinajstić information content (AvgIpc) is 2.39. The van der Waals surface area contributed by atoms with Crippen LogP contribution in [0.2, 0.25) is 0 Å². The van der Waals surface area contributed by atoms with Crippen LogP contribution in [0.4, 0.5) is 9.59 Å². The lowest BCUT2D eigenvalue weighted by molar-refractivity contribution is -0.122. The SMILES string of the molecule is CCNC(=O)NC(=O)CN1CCN(C(=O)OC(C)(C)C)CC1C. The zero-order valence-electron chi connectivity index (χ0n) is 14.6. The average molecular weight is 328 g/mol. The van der Waals surface area contributed by atoms with Crippen LogP contribution in [0.15, 0.2) is 0 Å². The first-order valence-electron chi connectivity index (χ1n) is 7.92. The van der Waals surface area contributed by atoms with E-state index in [1.807, 2.05) is 32.6 Å². The molecule has 8 nitrogen and oxygen atoms in total. The second-order valence-corrected chi connectivity index (χ2v) is 6.65. The van der Waals surface area contributed by atoms with E-state index in [-0.39, 0.29) is 24.6 Å². The minimum Gasteiger partial charge on any atom is -0.444 e.